The first-order valence-electron chi connectivity index (χ1n) is 10.2. The van der Waals surface area contributed by atoms with Crippen molar-refractivity contribution in [1.82, 2.24) is 4.90 Å². The van der Waals surface area contributed by atoms with Crippen LogP contribution in [0, 0.1) is 11.3 Å². The summed E-state index contributed by atoms with van der Waals surface area (Å²) >= 11 is 0. The van der Waals surface area contributed by atoms with Gasteiger partial charge in [0.2, 0.25) is 0 Å². The summed E-state index contributed by atoms with van der Waals surface area (Å²) in [6.45, 7) is 10.2. The molecule has 0 spiro atoms. The van der Waals surface area contributed by atoms with Gasteiger partial charge in [-0.15, -0.1) is 0 Å². The van der Waals surface area contributed by atoms with Gasteiger partial charge in [-0.3, -0.25) is 4.79 Å². The molecule has 1 aromatic carbocycles. The molecule has 0 radical (unpaired) electrons. The number of carbonyl (C=O) groups is 1. The molecule has 0 saturated carbocycles. The van der Waals surface area contributed by atoms with Gasteiger partial charge in [0.15, 0.2) is 0 Å². The van der Waals surface area contributed by atoms with Crippen LogP contribution in [0.4, 0.5) is 0 Å². The Balaban J connectivity index is 1.88. The third kappa shape index (κ3) is 3.19. The van der Waals surface area contributed by atoms with Gasteiger partial charge >= 0.3 is 0 Å². The first-order chi connectivity index (χ1) is 12.2. The fourth-order valence-corrected chi connectivity index (χ4v) is 5.40. The SMILES string of the molecule is CC(C)CCC(=O)CC[C@]1(C)C2Cc3ccc(O)cc3[C@@]1(C)CCN2C. The van der Waals surface area contributed by atoms with Crippen LogP contribution in [-0.2, 0) is 16.6 Å². The van der Waals surface area contributed by atoms with Crippen molar-refractivity contribution in [1.29, 1.82) is 0 Å². The molecule has 0 amide bonds. The smallest absolute Gasteiger partial charge is 0.132 e. The van der Waals surface area contributed by atoms with Crippen molar-refractivity contribution >= 4 is 5.78 Å². The predicted molar refractivity (Wildman–Crippen MR) is 107 cm³/mol. The van der Waals surface area contributed by atoms with Crippen LogP contribution in [0.2, 0.25) is 0 Å². The number of fused-ring (bicyclic) bond motifs is 4. The topological polar surface area (TPSA) is 40.5 Å². The Morgan fingerprint density at radius 1 is 1.31 bits per heavy atom. The number of phenolic OH excluding ortho intramolecular Hbond substituents is 1. The summed E-state index contributed by atoms with van der Waals surface area (Å²) in [6.07, 6.45) is 5.41. The van der Waals surface area contributed by atoms with Crippen molar-refractivity contribution < 1.29 is 9.90 Å². The molecule has 1 N–H and O–H groups in total. The lowest BCUT2D eigenvalue weighted by atomic mass is 9.49. The fourth-order valence-electron chi connectivity index (χ4n) is 5.40. The monoisotopic (exact) mass is 357 g/mol. The summed E-state index contributed by atoms with van der Waals surface area (Å²) < 4.78 is 0. The molecule has 1 aliphatic heterocycles. The van der Waals surface area contributed by atoms with E-state index in [9.17, 15) is 9.90 Å². The molecule has 1 fully saturated rings. The van der Waals surface area contributed by atoms with E-state index in [0.717, 1.165) is 32.2 Å². The summed E-state index contributed by atoms with van der Waals surface area (Å²) in [5, 5.41) is 10.1. The molecule has 26 heavy (non-hydrogen) atoms. The molecular formula is C23H35NO2. The van der Waals surface area contributed by atoms with E-state index in [4.69, 9.17) is 0 Å². The van der Waals surface area contributed by atoms with Gasteiger partial charge in [-0.1, -0.05) is 33.8 Å². The Morgan fingerprint density at radius 3 is 2.73 bits per heavy atom. The molecule has 2 bridgehead atoms. The minimum absolute atomic E-state index is 0.00876. The molecule has 2 aliphatic rings. The van der Waals surface area contributed by atoms with Gasteiger partial charge in [-0.2, -0.15) is 0 Å². The Morgan fingerprint density at radius 2 is 2.04 bits per heavy atom. The summed E-state index contributed by atoms with van der Waals surface area (Å²) in [4.78, 5) is 15.0. The quantitative estimate of drug-likeness (QED) is 0.802. The highest BCUT2D eigenvalue weighted by Gasteiger charge is 2.57. The molecule has 3 nitrogen and oxygen atoms in total. The number of likely N-dealkylation sites (tertiary alicyclic amines) is 1. The van der Waals surface area contributed by atoms with E-state index in [1.807, 2.05) is 12.1 Å². The molecular weight excluding hydrogens is 322 g/mol. The molecule has 144 valence electrons. The van der Waals surface area contributed by atoms with E-state index >= 15 is 0 Å². The van der Waals surface area contributed by atoms with Crippen molar-refractivity contribution in [2.75, 3.05) is 13.6 Å². The van der Waals surface area contributed by atoms with Gasteiger partial charge in [0.05, 0.1) is 0 Å². The van der Waals surface area contributed by atoms with Crippen molar-refractivity contribution in [3.8, 4) is 5.75 Å². The van der Waals surface area contributed by atoms with Crippen LogP contribution < -0.4 is 0 Å². The predicted octanol–water partition coefficient (Wildman–Crippen LogP) is 4.70. The number of phenols is 1. The van der Waals surface area contributed by atoms with Gasteiger partial charge in [-0.05, 0) is 73.9 Å². The van der Waals surface area contributed by atoms with Crippen LogP contribution in [0.3, 0.4) is 0 Å². The summed E-state index contributed by atoms with van der Waals surface area (Å²) in [5.74, 6) is 1.35. The lowest BCUT2D eigenvalue weighted by molar-refractivity contribution is -0.121. The van der Waals surface area contributed by atoms with Gasteiger partial charge < -0.3 is 10.0 Å². The van der Waals surface area contributed by atoms with Gasteiger partial charge in [-0.25, -0.2) is 0 Å². The Bertz CT molecular complexity index is 683. The number of benzene rings is 1. The molecule has 1 aliphatic carbocycles. The second-order valence-electron chi connectivity index (χ2n) is 9.51. The number of likely N-dealkylation sites (N-methyl/N-ethyl adjacent to an activating group) is 1. The highest BCUT2D eigenvalue weighted by Crippen LogP contribution is 2.58. The number of nitrogens with zero attached hydrogens (tertiary/aromatic N) is 1. The van der Waals surface area contributed by atoms with Crippen LogP contribution in [0.5, 0.6) is 5.75 Å². The van der Waals surface area contributed by atoms with Crippen molar-refractivity contribution in [3.63, 3.8) is 0 Å². The molecule has 3 atom stereocenters. The normalized spacial score (nSPS) is 31.1. The zero-order chi connectivity index (χ0) is 19.1. The van der Waals surface area contributed by atoms with E-state index in [2.05, 4.69) is 45.7 Å². The number of hydrogen-bond acceptors (Lipinski definition) is 3. The summed E-state index contributed by atoms with van der Waals surface area (Å²) in [7, 11) is 2.23. The standard InChI is InChI=1S/C23H35NO2/c1-16(2)6-8-18(25)10-11-23(4)21-14-17-7-9-19(26)15-20(17)22(23,3)12-13-24(21)5/h7,9,15-16,21,26H,6,8,10-14H2,1-5H3/t21?,22-,23-/m1/s1. The van der Waals surface area contributed by atoms with Gasteiger partial charge in [0.1, 0.15) is 11.5 Å². The number of hydrogen-bond donors (Lipinski definition) is 1. The average Bonchev–Trinajstić information content (AvgIpc) is 2.59. The first-order valence-corrected chi connectivity index (χ1v) is 10.2. The maximum absolute atomic E-state index is 12.5. The molecule has 3 heteroatoms. The largest absolute Gasteiger partial charge is 0.508 e. The van der Waals surface area contributed by atoms with E-state index < -0.39 is 0 Å². The van der Waals surface area contributed by atoms with Gasteiger partial charge in [0, 0.05) is 24.3 Å². The highest BCUT2D eigenvalue weighted by molar-refractivity contribution is 5.78. The second kappa shape index (κ2) is 6.99. The number of aromatic hydroxyl groups is 1. The minimum Gasteiger partial charge on any atom is -0.508 e. The fraction of sp³-hybridized carbons (Fsp3) is 0.696. The van der Waals surface area contributed by atoms with Crippen LogP contribution in [0.25, 0.3) is 0 Å². The molecule has 1 heterocycles. The van der Waals surface area contributed by atoms with E-state index in [1.54, 1.807) is 0 Å². The Kier molecular flexibility index (Phi) is 5.22. The minimum atomic E-state index is 0.00876. The molecule has 1 saturated heterocycles. The van der Waals surface area contributed by atoms with Crippen LogP contribution >= 0.6 is 0 Å². The number of piperidine rings is 1. The zero-order valence-electron chi connectivity index (χ0n) is 17.1. The third-order valence-corrected chi connectivity index (χ3v) is 7.52. The van der Waals surface area contributed by atoms with Crippen molar-refractivity contribution in [2.45, 2.75) is 77.7 Å². The molecule has 1 unspecified atom stereocenters. The number of ketones is 1. The van der Waals surface area contributed by atoms with Crippen LogP contribution in [-0.4, -0.2) is 35.4 Å². The number of rotatable bonds is 6. The number of Topliss-reactive ketones (excluding diaryl/α,β-unsaturated/α-hetero) is 1. The average molecular weight is 358 g/mol. The second-order valence-corrected chi connectivity index (χ2v) is 9.51. The van der Waals surface area contributed by atoms with Crippen molar-refractivity contribution in [2.24, 2.45) is 11.3 Å². The maximum atomic E-state index is 12.5. The van der Waals surface area contributed by atoms with Crippen LogP contribution in [0.1, 0.15) is 70.9 Å². The highest BCUT2D eigenvalue weighted by atomic mass is 16.3. The van der Waals surface area contributed by atoms with Crippen molar-refractivity contribution in [3.05, 3.63) is 29.3 Å². The maximum Gasteiger partial charge on any atom is 0.132 e. The van der Waals surface area contributed by atoms with E-state index in [0.29, 0.717) is 36.3 Å². The van der Waals surface area contributed by atoms with E-state index in [1.165, 1.54) is 11.1 Å². The van der Waals surface area contributed by atoms with E-state index in [-0.39, 0.29) is 10.8 Å². The lowest BCUT2D eigenvalue weighted by Gasteiger charge is -2.62. The number of carbonyl (C=O) groups excluding carboxylic acids is 1. The third-order valence-electron chi connectivity index (χ3n) is 7.52. The Labute approximate surface area is 158 Å². The first kappa shape index (κ1) is 19.4. The van der Waals surface area contributed by atoms with Crippen LogP contribution in [0.15, 0.2) is 18.2 Å². The summed E-state index contributed by atoms with van der Waals surface area (Å²) in [5.41, 5.74) is 2.73. The molecule has 1 aromatic rings. The molecule has 0 aromatic heterocycles. The molecule has 3 rings (SSSR count). The summed E-state index contributed by atoms with van der Waals surface area (Å²) in [6, 6.07) is 6.35. The zero-order valence-corrected chi connectivity index (χ0v) is 17.1. The Hall–Kier alpha value is -1.35. The van der Waals surface area contributed by atoms with Gasteiger partial charge in [0.25, 0.3) is 0 Å². The lowest BCUT2D eigenvalue weighted by Crippen LogP contribution is -2.64.